The van der Waals surface area contributed by atoms with Crippen molar-refractivity contribution < 1.29 is 10.2 Å². The van der Waals surface area contributed by atoms with Gasteiger partial charge in [-0.2, -0.15) is 0 Å². The first kappa shape index (κ1) is 21.3. The van der Waals surface area contributed by atoms with E-state index in [4.69, 9.17) is 0 Å². The van der Waals surface area contributed by atoms with Crippen molar-refractivity contribution in [1.82, 2.24) is 0 Å². The van der Waals surface area contributed by atoms with E-state index >= 15 is 0 Å². The summed E-state index contributed by atoms with van der Waals surface area (Å²) in [5.74, 6) is 0.619. The van der Waals surface area contributed by atoms with Crippen LogP contribution in [0.25, 0.3) is 22.3 Å². The van der Waals surface area contributed by atoms with Crippen LogP contribution in [0.1, 0.15) is 49.7 Å². The Bertz CT molecular complexity index is 1130. The average Bonchev–Trinajstić information content (AvgIpc) is 3.13. The minimum absolute atomic E-state index is 0.148. The molecule has 4 aromatic rings. The summed E-state index contributed by atoms with van der Waals surface area (Å²) in [5.41, 5.74) is 6.13. The first-order chi connectivity index (χ1) is 16.2. The quantitative estimate of drug-likeness (QED) is 0.319. The van der Waals surface area contributed by atoms with Crippen LogP contribution >= 0.6 is 0 Å². The molecule has 0 unspecified atom stereocenters. The van der Waals surface area contributed by atoms with Crippen molar-refractivity contribution in [2.75, 3.05) is 0 Å². The van der Waals surface area contributed by atoms with Crippen LogP contribution in [-0.2, 0) is 5.41 Å². The Morgan fingerprint density at radius 1 is 0.485 bits per heavy atom. The Hall–Kier alpha value is -3.52. The van der Waals surface area contributed by atoms with Gasteiger partial charge in [-0.25, -0.2) is 0 Å². The fourth-order valence-corrected chi connectivity index (χ4v) is 5.44. The molecule has 0 amide bonds. The molecule has 1 aliphatic carbocycles. The van der Waals surface area contributed by atoms with E-state index in [0.717, 1.165) is 35.1 Å². The highest BCUT2D eigenvalue weighted by Gasteiger charge is 2.35. The molecule has 5 rings (SSSR count). The van der Waals surface area contributed by atoms with Crippen LogP contribution in [0.5, 0.6) is 11.5 Å². The molecule has 2 N–H and O–H groups in total. The van der Waals surface area contributed by atoms with Crippen LogP contribution < -0.4 is 0 Å². The number of phenols is 2. The molecule has 0 spiro atoms. The predicted octanol–water partition coefficient (Wildman–Crippen LogP) is 8.07. The Morgan fingerprint density at radius 3 is 1.33 bits per heavy atom. The lowest BCUT2D eigenvalue weighted by molar-refractivity contribution is 0.440. The molecule has 0 heterocycles. The summed E-state index contributed by atoms with van der Waals surface area (Å²) >= 11 is 0. The van der Waals surface area contributed by atoms with Gasteiger partial charge in [-0.15, -0.1) is 0 Å². The highest BCUT2D eigenvalue weighted by molar-refractivity contribution is 5.73. The van der Waals surface area contributed by atoms with Gasteiger partial charge in [-0.3, -0.25) is 0 Å². The van der Waals surface area contributed by atoms with E-state index in [1.807, 2.05) is 72.8 Å². The summed E-state index contributed by atoms with van der Waals surface area (Å²) in [5, 5.41) is 21.4. The van der Waals surface area contributed by atoms with Crippen molar-refractivity contribution in [2.24, 2.45) is 0 Å². The maximum Gasteiger partial charge on any atom is 0.123 e. The monoisotopic (exact) mass is 434 g/mol. The molecule has 0 aliphatic heterocycles. The van der Waals surface area contributed by atoms with Gasteiger partial charge in [0, 0.05) is 16.5 Å². The molecule has 0 saturated heterocycles. The lowest BCUT2D eigenvalue weighted by atomic mass is 9.68. The number of aromatic hydroxyl groups is 2. The maximum absolute atomic E-state index is 10.7. The third-order valence-corrected chi connectivity index (χ3v) is 7.22. The molecule has 33 heavy (non-hydrogen) atoms. The van der Waals surface area contributed by atoms with Gasteiger partial charge in [0.1, 0.15) is 11.5 Å². The van der Waals surface area contributed by atoms with Crippen LogP contribution in [-0.4, -0.2) is 10.2 Å². The summed E-state index contributed by atoms with van der Waals surface area (Å²) in [6.45, 7) is 0. The zero-order valence-corrected chi connectivity index (χ0v) is 18.9. The van der Waals surface area contributed by atoms with E-state index in [0.29, 0.717) is 11.5 Å². The van der Waals surface area contributed by atoms with Gasteiger partial charge in [-0.1, -0.05) is 98.5 Å². The van der Waals surface area contributed by atoms with Gasteiger partial charge in [0.2, 0.25) is 0 Å². The van der Waals surface area contributed by atoms with E-state index in [9.17, 15) is 10.2 Å². The number of phenolic OH excluding ortho intramolecular Hbond substituents is 2. The maximum atomic E-state index is 10.7. The van der Waals surface area contributed by atoms with Crippen LogP contribution in [0.3, 0.4) is 0 Å². The summed E-state index contributed by atoms with van der Waals surface area (Å²) in [7, 11) is 0. The van der Waals surface area contributed by atoms with Crippen LogP contribution in [0.2, 0.25) is 0 Å². The van der Waals surface area contributed by atoms with Crippen molar-refractivity contribution in [3.63, 3.8) is 0 Å². The molecule has 0 radical (unpaired) electrons. The first-order valence-electron chi connectivity index (χ1n) is 12.0. The van der Waals surface area contributed by atoms with Crippen molar-refractivity contribution in [2.45, 2.75) is 43.9 Å². The Morgan fingerprint density at radius 2 is 0.909 bits per heavy atom. The smallest absolute Gasteiger partial charge is 0.123 e. The molecule has 0 aromatic heterocycles. The Labute approximate surface area is 196 Å². The highest BCUT2D eigenvalue weighted by Crippen LogP contribution is 2.47. The lowest BCUT2D eigenvalue weighted by Crippen LogP contribution is -2.27. The fourth-order valence-electron chi connectivity index (χ4n) is 5.44. The van der Waals surface area contributed by atoms with E-state index in [2.05, 4.69) is 24.3 Å². The van der Waals surface area contributed by atoms with Crippen molar-refractivity contribution in [1.29, 1.82) is 0 Å². The lowest BCUT2D eigenvalue weighted by Gasteiger charge is -2.35. The first-order valence-corrected chi connectivity index (χ1v) is 12.0. The SMILES string of the molecule is Oc1ccc(C2(c3ccc(O)c(-c4ccccc4)c3)CCCCCC2)cc1-c1ccccc1. The van der Waals surface area contributed by atoms with Crippen molar-refractivity contribution in [3.05, 3.63) is 108 Å². The van der Waals surface area contributed by atoms with Crippen LogP contribution in [0, 0.1) is 0 Å². The molecule has 1 fully saturated rings. The molecule has 0 bridgehead atoms. The van der Waals surface area contributed by atoms with Gasteiger partial charge >= 0.3 is 0 Å². The van der Waals surface area contributed by atoms with Gasteiger partial charge < -0.3 is 10.2 Å². The summed E-state index contributed by atoms with van der Waals surface area (Å²) in [4.78, 5) is 0. The summed E-state index contributed by atoms with van der Waals surface area (Å²) in [6, 6.07) is 32.5. The number of benzene rings is 4. The minimum Gasteiger partial charge on any atom is -0.507 e. The number of hydrogen-bond donors (Lipinski definition) is 2. The number of hydrogen-bond acceptors (Lipinski definition) is 2. The average molecular weight is 435 g/mol. The summed E-state index contributed by atoms with van der Waals surface area (Å²) < 4.78 is 0. The predicted molar refractivity (Wildman–Crippen MR) is 136 cm³/mol. The Kier molecular flexibility index (Phi) is 5.92. The van der Waals surface area contributed by atoms with Gasteiger partial charge in [0.25, 0.3) is 0 Å². The van der Waals surface area contributed by atoms with Crippen molar-refractivity contribution >= 4 is 0 Å². The molecular formula is C31H30O2. The molecule has 2 nitrogen and oxygen atoms in total. The Balaban J connectivity index is 1.68. The molecule has 1 aliphatic rings. The summed E-state index contributed by atoms with van der Waals surface area (Å²) in [6.07, 6.45) is 6.95. The molecule has 166 valence electrons. The zero-order chi connectivity index (χ0) is 22.7. The second kappa shape index (κ2) is 9.15. The normalized spacial score (nSPS) is 15.6. The standard InChI is InChI=1S/C31H30O2/c32-29-17-15-25(21-27(29)23-11-5-3-6-12-23)31(19-9-1-2-10-20-31)26-16-18-30(33)28(22-26)24-13-7-4-8-14-24/h3-8,11-18,21-22,32-33H,1-2,9-10,19-20H2. The molecule has 4 aromatic carbocycles. The molecular weight excluding hydrogens is 404 g/mol. The molecule has 2 heteroatoms. The minimum atomic E-state index is -0.148. The second-order valence-electron chi connectivity index (χ2n) is 9.19. The van der Waals surface area contributed by atoms with Crippen molar-refractivity contribution in [3.8, 4) is 33.8 Å². The van der Waals surface area contributed by atoms with Gasteiger partial charge in [-0.05, 0) is 59.4 Å². The third-order valence-electron chi connectivity index (χ3n) is 7.22. The molecule has 1 saturated carbocycles. The van der Waals surface area contributed by atoms with E-state index in [1.165, 1.54) is 36.8 Å². The number of rotatable bonds is 4. The largest absolute Gasteiger partial charge is 0.507 e. The second-order valence-corrected chi connectivity index (χ2v) is 9.19. The van der Waals surface area contributed by atoms with E-state index < -0.39 is 0 Å². The topological polar surface area (TPSA) is 40.5 Å². The highest BCUT2D eigenvalue weighted by atomic mass is 16.3. The van der Waals surface area contributed by atoms with Crippen LogP contribution in [0.4, 0.5) is 0 Å². The molecule has 0 atom stereocenters. The van der Waals surface area contributed by atoms with Crippen LogP contribution in [0.15, 0.2) is 97.1 Å². The van der Waals surface area contributed by atoms with E-state index in [-0.39, 0.29) is 5.41 Å². The van der Waals surface area contributed by atoms with Gasteiger partial charge in [0.05, 0.1) is 0 Å². The fraction of sp³-hybridized carbons (Fsp3) is 0.226. The van der Waals surface area contributed by atoms with Gasteiger partial charge in [0.15, 0.2) is 0 Å². The third kappa shape index (κ3) is 4.14. The zero-order valence-electron chi connectivity index (χ0n) is 18.9. The van der Waals surface area contributed by atoms with E-state index in [1.54, 1.807) is 0 Å².